The smallest absolute Gasteiger partial charge is 0.360 e. The number of carbonyl (C=O) groups is 3. The molecule has 0 aromatic heterocycles. The van der Waals surface area contributed by atoms with Crippen LogP contribution in [0.4, 0.5) is 0 Å². The van der Waals surface area contributed by atoms with Gasteiger partial charge in [-0.3, -0.25) is 9.59 Å². The number of nitrogens with zero attached hydrogens (tertiary/aromatic N) is 1. The van der Waals surface area contributed by atoms with Crippen LogP contribution in [0.5, 0.6) is 5.75 Å². The number of carbonyl (C=O) groups excluding carboxylic acids is 2. The number of carboxylic acid groups (broad SMARTS) is 1. The number of ketones is 1. The Kier molecular flexibility index (Phi) is 6.08. The van der Waals surface area contributed by atoms with E-state index in [1.54, 1.807) is 20.2 Å². The first-order valence-corrected chi connectivity index (χ1v) is 8.35. The Morgan fingerprint density at radius 2 is 1.96 bits per heavy atom. The number of rotatable bonds is 5. The molecule has 1 atom stereocenters. The topological polar surface area (TPSA) is 83.9 Å². The summed E-state index contributed by atoms with van der Waals surface area (Å²) in [6.07, 6.45) is 1.51. The normalized spacial score (nSPS) is 15.8. The lowest BCUT2D eigenvalue weighted by molar-refractivity contribution is -0.141. The van der Waals surface area contributed by atoms with Crippen molar-refractivity contribution >= 4 is 46.4 Å². The fraction of sp³-hybridized carbons (Fsp3) is 0.353. The van der Waals surface area contributed by atoms with Gasteiger partial charge in [0.15, 0.2) is 5.78 Å². The largest absolute Gasteiger partial charge is 0.478 e. The Balaban J connectivity index is 2.44. The number of benzene rings is 1. The Labute approximate surface area is 155 Å². The predicted octanol–water partition coefficient (Wildman–Crippen LogP) is 2.96. The van der Waals surface area contributed by atoms with Crippen molar-refractivity contribution in [1.82, 2.24) is 4.90 Å². The van der Waals surface area contributed by atoms with Gasteiger partial charge in [-0.2, -0.15) is 0 Å². The first kappa shape index (κ1) is 19.3. The summed E-state index contributed by atoms with van der Waals surface area (Å²) < 4.78 is 5.06. The molecule has 0 aliphatic heterocycles. The lowest BCUT2D eigenvalue weighted by Crippen LogP contribution is -2.30. The molecule has 0 bridgehead atoms. The first-order valence-electron chi connectivity index (χ1n) is 7.53. The van der Waals surface area contributed by atoms with E-state index in [1.165, 1.54) is 17.0 Å². The van der Waals surface area contributed by atoms with Crippen LogP contribution in [-0.4, -0.2) is 47.3 Å². The summed E-state index contributed by atoms with van der Waals surface area (Å²) in [7, 11) is 3.17. The van der Waals surface area contributed by atoms with Crippen LogP contribution in [0, 0.1) is 0 Å². The van der Waals surface area contributed by atoms with Gasteiger partial charge in [0.2, 0.25) is 0 Å². The molecular weight excluding hydrogens is 369 g/mol. The highest BCUT2D eigenvalue weighted by Crippen LogP contribution is 2.36. The molecule has 0 fully saturated rings. The van der Waals surface area contributed by atoms with Gasteiger partial charge in [-0.1, -0.05) is 23.2 Å². The van der Waals surface area contributed by atoms with E-state index in [0.717, 1.165) is 0 Å². The molecule has 1 N–H and O–H groups in total. The number of hydrogen-bond acceptors (Lipinski definition) is 4. The monoisotopic (exact) mass is 385 g/mol. The number of carboxylic acids is 1. The van der Waals surface area contributed by atoms with E-state index >= 15 is 0 Å². The van der Waals surface area contributed by atoms with E-state index in [4.69, 9.17) is 33.0 Å². The highest BCUT2D eigenvalue weighted by Gasteiger charge is 2.29. The fourth-order valence-corrected chi connectivity index (χ4v) is 2.96. The van der Waals surface area contributed by atoms with Crippen molar-refractivity contribution in [3.05, 3.63) is 34.4 Å². The third kappa shape index (κ3) is 4.32. The van der Waals surface area contributed by atoms with Crippen molar-refractivity contribution in [3.63, 3.8) is 0 Å². The number of likely N-dealkylation sites (N-methyl/N-ethyl adjacent to an activating group) is 1. The lowest BCUT2D eigenvalue weighted by Gasteiger charge is -2.22. The van der Waals surface area contributed by atoms with Crippen molar-refractivity contribution in [3.8, 4) is 5.75 Å². The SMILES string of the molecule is CN(C)C(=O)C1=C(c2ccc(OC(Cl)C(=O)O)cc2Cl)CCCC1=O. The summed E-state index contributed by atoms with van der Waals surface area (Å²) in [5, 5.41) is 9.02. The minimum absolute atomic E-state index is 0.146. The van der Waals surface area contributed by atoms with Crippen molar-refractivity contribution in [2.24, 2.45) is 0 Å². The van der Waals surface area contributed by atoms with Gasteiger partial charge in [-0.15, -0.1) is 0 Å². The second kappa shape index (κ2) is 7.89. The summed E-state index contributed by atoms with van der Waals surface area (Å²) in [6.45, 7) is 0. The van der Waals surface area contributed by atoms with E-state index < -0.39 is 11.5 Å². The summed E-state index contributed by atoms with van der Waals surface area (Å²) in [5.41, 5.74) is -0.253. The maximum Gasteiger partial charge on any atom is 0.360 e. The number of aliphatic carboxylic acids is 1. The van der Waals surface area contributed by atoms with Crippen molar-refractivity contribution < 1.29 is 24.2 Å². The van der Waals surface area contributed by atoms with Gasteiger partial charge in [0, 0.05) is 20.5 Å². The molecule has 0 heterocycles. The van der Waals surface area contributed by atoms with Crippen LogP contribution in [0.2, 0.25) is 5.02 Å². The second-order valence-corrected chi connectivity index (χ2v) is 6.55. The molecule has 134 valence electrons. The second-order valence-electron chi connectivity index (χ2n) is 5.74. The van der Waals surface area contributed by atoms with Gasteiger partial charge in [0.1, 0.15) is 5.75 Å². The molecule has 25 heavy (non-hydrogen) atoms. The zero-order valence-electron chi connectivity index (χ0n) is 13.7. The molecule has 0 saturated heterocycles. The van der Waals surface area contributed by atoms with Crippen molar-refractivity contribution in [2.45, 2.75) is 24.8 Å². The molecule has 1 aliphatic rings. The molecule has 1 aromatic carbocycles. The Bertz CT molecular complexity index is 757. The van der Waals surface area contributed by atoms with Crippen LogP contribution < -0.4 is 4.74 Å². The number of Topliss-reactive ketones (excluding diaryl/α,β-unsaturated/α-hetero) is 1. The summed E-state index contributed by atoms with van der Waals surface area (Å²) in [5.74, 6) is -1.70. The number of ether oxygens (including phenoxy) is 1. The molecule has 0 spiro atoms. The minimum atomic E-state index is -1.54. The highest BCUT2D eigenvalue weighted by atomic mass is 35.5. The van der Waals surface area contributed by atoms with E-state index in [9.17, 15) is 14.4 Å². The molecule has 1 aliphatic carbocycles. The maximum absolute atomic E-state index is 12.4. The molecule has 1 amide bonds. The highest BCUT2D eigenvalue weighted by molar-refractivity contribution is 6.34. The molecule has 2 rings (SSSR count). The zero-order valence-corrected chi connectivity index (χ0v) is 15.2. The Hall–Kier alpha value is -2.05. The zero-order chi connectivity index (χ0) is 18.7. The van der Waals surface area contributed by atoms with E-state index in [-0.39, 0.29) is 28.0 Å². The Morgan fingerprint density at radius 1 is 1.28 bits per heavy atom. The van der Waals surface area contributed by atoms with Gasteiger partial charge in [0.05, 0.1) is 10.6 Å². The average molecular weight is 386 g/mol. The summed E-state index contributed by atoms with van der Waals surface area (Å²) in [6, 6.07) is 4.52. The molecular formula is C17H17Cl2NO5. The molecule has 0 saturated carbocycles. The third-order valence-corrected chi connectivity index (χ3v) is 4.32. The van der Waals surface area contributed by atoms with Crippen molar-refractivity contribution in [2.75, 3.05) is 14.1 Å². The summed E-state index contributed by atoms with van der Waals surface area (Å²) >= 11 is 11.8. The van der Waals surface area contributed by atoms with Crippen molar-refractivity contribution in [1.29, 1.82) is 0 Å². The molecule has 0 radical (unpaired) electrons. The minimum Gasteiger partial charge on any atom is -0.478 e. The number of allylic oxidation sites excluding steroid dienone is 1. The van der Waals surface area contributed by atoms with Crippen LogP contribution in [0.25, 0.3) is 5.57 Å². The molecule has 1 unspecified atom stereocenters. The Morgan fingerprint density at radius 3 is 2.52 bits per heavy atom. The van der Waals surface area contributed by atoms with Gasteiger partial charge in [0.25, 0.3) is 11.5 Å². The van der Waals surface area contributed by atoms with Crippen LogP contribution in [-0.2, 0) is 14.4 Å². The summed E-state index contributed by atoms with van der Waals surface area (Å²) in [4.78, 5) is 36.8. The van der Waals surface area contributed by atoms with Gasteiger partial charge < -0.3 is 14.7 Å². The fourth-order valence-electron chi connectivity index (χ4n) is 2.57. The lowest BCUT2D eigenvalue weighted by atomic mass is 9.86. The van der Waals surface area contributed by atoms with Crippen LogP contribution >= 0.6 is 23.2 Å². The third-order valence-electron chi connectivity index (χ3n) is 3.73. The quantitative estimate of drug-likeness (QED) is 0.622. The number of hydrogen-bond donors (Lipinski definition) is 1. The van der Waals surface area contributed by atoms with Gasteiger partial charge in [-0.25, -0.2) is 4.79 Å². The van der Waals surface area contributed by atoms with E-state index in [0.29, 0.717) is 30.4 Å². The van der Waals surface area contributed by atoms with Crippen LogP contribution in [0.15, 0.2) is 23.8 Å². The van der Waals surface area contributed by atoms with Gasteiger partial charge in [-0.05, 0) is 42.2 Å². The average Bonchev–Trinajstić information content (AvgIpc) is 2.54. The maximum atomic E-state index is 12.4. The molecule has 8 heteroatoms. The first-order chi connectivity index (χ1) is 11.7. The van der Waals surface area contributed by atoms with Gasteiger partial charge >= 0.3 is 5.97 Å². The molecule has 1 aromatic rings. The number of amides is 1. The predicted molar refractivity (Wildman–Crippen MR) is 93.8 cm³/mol. The van der Waals surface area contributed by atoms with Crippen LogP contribution in [0.3, 0.4) is 0 Å². The number of halogens is 2. The number of alkyl halides is 1. The standard InChI is InChI=1S/C17H17Cl2NO5/c1-20(2)16(22)14-11(4-3-5-13(14)21)10-7-6-9(8-12(10)18)25-15(19)17(23)24/h6-8,15H,3-5H2,1-2H3,(H,23,24). The van der Waals surface area contributed by atoms with E-state index in [2.05, 4.69) is 0 Å². The molecule has 6 nitrogen and oxygen atoms in total. The van der Waals surface area contributed by atoms with E-state index in [1.807, 2.05) is 0 Å². The van der Waals surface area contributed by atoms with Crippen LogP contribution in [0.1, 0.15) is 24.8 Å².